The first kappa shape index (κ1) is 11.9. The molecule has 1 rings (SSSR count). The molecular weight excluding hydrogens is 182 g/mol. The van der Waals surface area contributed by atoms with Gasteiger partial charge in [-0.1, -0.05) is 0 Å². The fraction of sp³-hybridized carbons (Fsp3) is 1.00. The van der Waals surface area contributed by atoms with E-state index in [-0.39, 0.29) is 5.60 Å². The molecule has 0 radical (unpaired) electrons. The molecule has 0 bridgehead atoms. The van der Waals surface area contributed by atoms with Gasteiger partial charge in [0.15, 0.2) is 0 Å². The maximum absolute atomic E-state index is 5.60. The van der Waals surface area contributed by atoms with E-state index in [9.17, 15) is 0 Å². The molecule has 1 unspecified atom stereocenters. The standard InChI is InChI=1S/C10H21NO3/c1-10(2)8-9(4-5-13-10)11-14-7-6-12-3/h9,11H,4-8H2,1-3H3. The molecule has 1 aliphatic heterocycles. The number of nitrogens with one attached hydrogen (secondary N) is 1. The Balaban J connectivity index is 2.12. The molecule has 1 heterocycles. The van der Waals surface area contributed by atoms with Crippen molar-refractivity contribution >= 4 is 0 Å². The van der Waals surface area contributed by atoms with E-state index in [4.69, 9.17) is 14.3 Å². The average Bonchev–Trinajstić information content (AvgIpc) is 2.11. The molecule has 0 aromatic carbocycles. The average molecular weight is 203 g/mol. The van der Waals surface area contributed by atoms with Gasteiger partial charge in [-0.2, -0.15) is 5.48 Å². The van der Waals surface area contributed by atoms with Crippen molar-refractivity contribution in [2.75, 3.05) is 26.9 Å². The SMILES string of the molecule is COCCONC1CCOC(C)(C)C1. The van der Waals surface area contributed by atoms with Crippen molar-refractivity contribution in [1.82, 2.24) is 5.48 Å². The molecule has 1 saturated heterocycles. The molecule has 0 amide bonds. The Bertz CT molecular complexity index is 161. The maximum Gasteiger partial charge on any atom is 0.0915 e. The monoisotopic (exact) mass is 203 g/mol. The van der Waals surface area contributed by atoms with E-state index in [1.54, 1.807) is 7.11 Å². The Hall–Kier alpha value is -0.160. The van der Waals surface area contributed by atoms with Crippen LogP contribution in [0.25, 0.3) is 0 Å². The Labute approximate surface area is 85.9 Å². The van der Waals surface area contributed by atoms with Crippen LogP contribution in [-0.4, -0.2) is 38.6 Å². The minimum atomic E-state index is -0.0272. The predicted octanol–water partition coefficient (Wildman–Crippen LogP) is 1.11. The fourth-order valence-electron chi connectivity index (χ4n) is 1.63. The summed E-state index contributed by atoms with van der Waals surface area (Å²) in [5, 5.41) is 0. The largest absolute Gasteiger partial charge is 0.382 e. The third kappa shape index (κ3) is 4.37. The van der Waals surface area contributed by atoms with E-state index in [2.05, 4.69) is 19.3 Å². The zero-order chi connectivity index (χ0) is 10.4. The van der Waals surface area contributed by atoms with Gasteiger partial charge in [0.2, 0.25) is 0 Å². The van der Waals surface area contributed by atoms with E-state index >= 15 is 0 Å². The Morgan fingerprint density at radius 1 is 1.43 bits per heavy atom. The van der Waals surface area contributed by atoms with Crippen molar-refractivity contribution in [2.24, 2.45) is 0 Å². The molecule has 1 N–H and O–H groups in total. The molecular formula is C10H21NO3. The third-order valence-corrected chi connectivity index (χ3v) is 2.34. The van der Waals surface area contributed by atoms with Gasteiger partial charge in [-0.3, -0.25) is 4.84 Å². The van der Waals surface area contributed by atoms with Gasteiger partial charge >= 0.3 is 0 Å². The molecule has 0 aliphatic carbocycles. The molecule has 0 spiro atoms. The van der Waals surface area contributed by atoms with E-state index in [0.29, 0.717) is 19.3 Å². The van der Waals surface area contributed by atoms with Gasteiger partial charge in [0.25, 0.3) is 0 Å². The molecule has 84 valence electrons. The summed E-state index contributed by atoms with van der Waals surface area (Å²) in [6, 6.07) is 0.399. The van der Waals surface area contributed by atoms with Crippen molar-refractivity contribution < 1.29 is 14.3 Å². The molecule has 1 fully saturated rings. The molecule has 1 atom stereocenters. The first-order valence-electron chi connectivity index (χ1n) is 5.14. The Morgan fingerprint density at radius 2 is 2.21 bits per heavy atom. The second-order valence-corrected chi connectivity index (χ2v) is 4.26. The normalized spacial score (nSPS) is 26.4. The highest BCUT2D eigenvalue weighted by Crippen LogP contribution is 2.23. The van der Waals surface area contributed by atoms with Crippen LogP contribution < -0.4 is 5.48 Å². The fourth-order valence-corrected chi connectivity index (χ4v) is 1.63. The van der Waals surface area contributed by atoms with Gasteiger partial charge in [0.1, 0.15) is 0 Å². The summed E-state index contributed by atoms with van der Waals surface area (Å²) in [4.78, 5) is 5.28. The lowest BCUT2D eigenvalue weighted by atomic mass is 9.95. The van der Waals surface area contributed by atoms with Crippen molar-refractivity contribution in [3.63, 3.8) is 0 Å². The zero-order valence-corrected chi connectivity index (χ0v) is 9.34. The van der Waals surface area contributed by atoms with Crippen LogP contribution in [0, 0.1) is 0 Å². The minimum absolute atomic E-state index is 0.0272. The molecule has 14 heavy (non-hydrogen) atoms. The minimum Gasteiger partial charge on any atom is -0.382 e. The highest BCUT2D eigenvalue weighted by Gasteiger charge is 2.28. The number of hydroxylamine groups is 1. The van der Waals surface area contributed by atoms with Crippen molar-refractivity contribution in [2.45, 2.75) is 38.3 Å². The molecule has 4 nitrogen and oxygen atoms in total. The van der Waals surface area contributed by atoms with E-state index in [1.165, 1.54) is 0 Å². The molecule has 0 saturated carbocycles. The van der Waals surface area contributed by atoms with Crippen molar-refractivity contribution in [1.29, 1.82) is 0 Å². The van der Waals surface area contributed by atoms with Crippen molar-refractivity contribution in [3.05, 3.63) is 0 Å². The number of hydrogen-bond acceptors (Lipinski definition) is 4. The third-order valence-electron chi connectivity index (χ3n) is 2.34. The molecule has 0 aromatic heterocycles. The smallest absolute Gasteiger partial charge is 0.0915 e. The number of methoxy groups -OCH3 is 1. The number of hydrogen-bond donors (Lipinski definition) is 1. The topological polar surface area (TPSA) is 39.7 Å². The Kier molecular flexibility index (Phi) is 4.81. The second kappa shape index (κ2) is 5.66. The lowest BCUT2D eigenvalue weighted by molar-refractivity contribution is -0.0970. The first-order chi connectivity index (χ1) is 6.64. The lowest BCUT2D eigenvalue weighted by Crippen LogP contribution is -2.43. The van der Waals surface area contributed by atoms with Crippen LogP contribution in [0.15, 0.2) is 0 Å². The van der Waals surface area contributed by atoms with E-state index in [1.807, 2.05) is 0 Å². The first-order valence-corrected chi connectivity index (χ1v) is 5.14. The van der Waals surface area contributed by atoms with Crippen LogP contribution in [0.2, 0.25) is 0 Å². The highest BCUT2D eigenvalue weighted by atomic mass is 16.7. The summed E-state index contributed by atoms with van der Waals surface area (Å²) < 4.78 is 10.5. The second-order valence-electron chi connectivity index (χ2n) is 4.26. The quantitative estimate of drug-likeness (QED) is 0.537. The van der Waals surface area contributed by atoms with Gasteiger partial charge in [-0.25, -0.2) is 0 Å². The Morgan fingerprint density at radius 3 is 2.86 bits per heavy atom. The predicted molar refractivity (Wildman–Crippen MR) is 54.0 cm³/mol. The summed E-state index contributed by atoms with van der Waals surface area (Å²) >= 11 is 0. The van der Waals surface area contributed by atoms with E-state index < -0.39 is 0 Å². The van der Waals surface area contributed by atoms with Gasteiger partial charge in [-0.15, -0.1) is 0 Å². The van der Waals surface area contributed by atoms with E-state index in [0.717, 1.165) is 19.4 Å². The number of ether oxygens (including phenoxy) is 2. The summed E-state index contributed by atoms with van der Waals surface area (Å²) in [6.45, 7) is 6.23. The number of rotatable bonds is 5. The van der Waals surface area contributed by atoms with Crippen LogP contribution in [-0.2, 0) is 14.3 Å². The molecule has 4 heteroatoms. The van der Waals surface area contributed by atoms with Crippen LogP contribution in [0.5, 0.6) is 0 Å². The lowest BCUT2D eigenvalue weighted by Gasteiger charge is -2.35. The van der Waals surface area contributed by atoms with Gasteiger partial charge < -0.3 is 9.47 Å². The van der Waals surface area contributed by atoms with Crippen molar-refractivity contribution in [3.8, 4) is 0 Å². The van der Waals surface area contributed by atoms with Crippen LogP contribution in [0.1, 0.15) is 26.7 Å². The summed E-state index contributed by atoms with van der Waals surface area (Å²) in [7, 11) is 1.67. The molecule has 1 aliphatic rings. The highest BCUT2D eigenvalue weighted by molar-refractivity contribution is 4.81. The van der Waals surface area contributed by atoms with Gasteiger partial charge in [0, 0.05) is 19.8 Å². The van der Waals surface area contributed by atoms with Crippen LogP contribution in [0.3, 0.4) is 0 Å². The summed E-state index contributed by atoms with van der Waals surface area (Å²) in [5.41, 5.74) is 3.02. The molecule has 0 aromatic rings. The van der Waals surface area contributed by atoms with Crippen LogP contribution in [0.4, 0.5) is 0 Å². The van der Waals surface area contributed by atoms with Gasteiger partial charge in [0.05, 0.1) is 18.8 Å². The van der Waals surface area contributed by atoms with Gasteiger partial charge in [-0.05, 0) is 26.7 Å². The zero-order valence-electron chi connectivity index (χ0n) is 9.34. The summed E-state index contributed by atoms with van der Waals surface area (Å²) in [5.74, 6) is 0. The van der Waals surface area contributed by atoms with Crippen LogP contribution >= 0.6 is 0 Å². The maximum atomic E-state index is 5.60. The summed E-state index contributed by atoms with van der Waals surface area (Å²) in [6.07, 6.45) is 2.00.